The molecule has 0 bridgehead atoms. The maximum Gasteiger partial charge on any atom is 0.0522 e. The van der Waals surface area contributed by atoms with Crippen molar-refractivity contribution in [1.82, 2.24) is 15.1 Å². The van der Waals surface area contributed by atoms with E-state index >= 15 is 0 Å². The van der Waals surface area contributed by atoms with E-state index < -0.39 is 0 Å². The van der Waals surface area contributed by atoms with Crippen molar-refractivity contribution < 1.29 is 0 Å². The molecule has 0 saturated carbocycles. The molecule has 0 radical (unpaired) electrons. The van der Waals surface area contributed by atoms with E-state index in [1.807, 2.05) is 37.1 Å². The van der Waals surface area contributed by atoms with Crippen LogP contribution in [0.15, 0.2) is 36.7 Å². The van der Waals surface area contributed by atoms with Gasteiger partial charge in [0.1, 0.15) is 0 Å². The van der Waals surface area contributed by atoms with Gasteiger partial charge in [-0.1, -0.05) is 23.7 Å². The van der Waals surface area contributed by atoms with Crippen molar-refractivity contribution in [2.45, 2.75) is 18.9 Å². The predicted octanol–water partition coefficient (Wildman–Crippen LogP) is 2.45. The van der Waals surface area contributed by atoms with E-state index in [1.165, 1.54) is 11.1 Å². The smallest absolute Gasteiger partial charge is 0.0522 e. The molecular formula is C14H18ClN3. The van der Waals surface area contributed by atoms with Gasteiger partial charge in [-0.05, 0) is 43.1 Å². The van der Waals surface area contributed by atoms with Crippen molar-refractivity contribution in [1.29, 1.82) is 0 Å². The normalized spacial score (nSPS) is 12.6. The Hall–Kier alpha value is -1.32. The summed E-state index contributed by atoms with van der Waals surface area (Å²) in [5.41, 5.74) is 2.55. The van der Waals surface area contributed by atoms with E-state index in [4.69, 9.17) is 11.6 Å². The minimum absolute atomic E-state index is 0.412. The van der Waals surface area contributed by atoms with Gasteiger partial charge in [0.2, 0.25) is 0 Å². The van der Waals surface area contributed by atoms with Gasteiger partial charge in [-0.3, -0.25) is 4.68 Å². The lowest BCUT2D eigenvalue weighted by atomic mass is 10.0. The van der Waals surface area contributed by atoms with Crippen LogP contribution in [0.25, 0.3) is 0 Å². The summed E-state index contributed by atoms with van der Waals surface area (Å²) >= 11 is 5.89. The van der Waals surface area contributed by atoms with Gasteiger partial charge >= 0.3 is 0 Å². The summed E-state index contributed by atoms with van der Waals surface area (Å²) in [4.78, 5) is 0. The Morgan fingerprint density at radius 2 is 1.89 bits per heavy atom. The molecule has 2 rings (SSSR count). The highest BCUT2D eigenvalue weighted by molar-refractivity contribution is 6.30. The number of aryl methyl sites for hydroxylation is 1. The fourth-order valence-corrected chi connectivity index (χ4v) is 2.17. The van der Waals surface area contributed by atoms with Gasteiger partial charge < -0.3 is 5.32 Å². The molecule has 1 atom stereocenters. The molecule has 3 nitrogen and oxygen atoms in total. The van der Waals surface area contributed by atoms with Crippen molar-refractivity contribution in [2.24, 2.45) is 7.05 Å². The summed E-state index contributed by atoms with van der Waals surface area (Å²) < 4.78 is 1.84. The Bertz CT molecular complexity index is 490. The Balaban J connectivity index is 1.99. The van der Waals surface area contributed by atoms with E-state index in [2.05, 4.69) is 28.7 Å². The summed E-state index contributed by atoms with van der Waals surface area (Å²) in [5, 5.41) is 8.33. The molecule has 4 heteroatoms. The zero-order valence-electron chi connectivity index (χ0n) is 10.7. The minimum Gasteiger partial charge on any atom is -0.316 e. The van der Waals surface area contributed by atoms with Gasteiger partial charge in [0.25, 0.3) is 0 Å². The molecule has 0 amide bonds. The van der Waals surface area contributed by atoms with Gasteiger partial charge in [0.15, 0.2) is 0 Å². The van der Waals surface area contributed by atoms with Crippen LogP contribution in [0, 0.1) is 0 Å². The van der Waals surface area contributed by atoms with E-state index in [0.717, 1.165) is 17.9 Å². The molecule has 1 aromatic carbocycles. The highest BCUT2D eigenvalue weighted by atomic mass is 35.5. The van der Waals surface area contributed by atoms with E-state index in [9.17, 15) is 0 Å². The van der Waals surface area contributed by atoms with Crippen LogP contribution in [0.5, 0.6) is 0 Å². The van der Waals surface area contributed by atoms with Gasteiger partial charge in [0, 0.05) is 24.3 Å². The highest BCUT2D eigenvalue weighted by Gasteiger charge is 2.09. The minimum atomic E-state index is 0.412. The molecule has 1 N–H and O–H groups in total. The molecule has 96 valence electrons. The number of benzene rings is 1. The molecule has 0 fully saturated rings. The monoisotopic (exact) mass is 263 g/mol. The highest BCUT2D eigenvalue weighted by Crippen LogP contribution is 2.12. The number of nitrogens with one attached hydrogen (secondary N) is 1. The van der Waals surface area contributed by atoms with Gasteiger partial charge in [-0.25, -0.2) is 0 Å². The van der Waals surface area contributed by atoms with Gasteiger partial charge in [-0.2, -0.15) is 5.10 Å². The molecule has 0 aliphatic carbocycles. The summed E-state index contributed by atoms with van der Waals surface area (Å²) in [6.07, 6.45) is 5.95. The third-order valence-corrected chi connectivity index (χ3v) is 3.30. The average Bonchev–Trinajstić information content (AvgIpc) is 2.77. The summed E-state index contributed by atoms with van der Waals surface area (Å²) in [5.74, 6) is 0. The number of likely N-dealkylation sites (N-methyl/N-ethyl adjacent to an activating group) is 1. The third-order valence-electron chi connectivity index (χ3n) is 3.04. The zero-order valence-corrected chi connectivity index (χ0v) is 11.5. The number of hydrogen-bond acceptors (Lipinski definition) is 2. The fourth-order valence-electron chi connectivity index (χ4n) is 2.04. The number of hydrogen-bond donors (Lipinski definition) is 1. The maximum absolute atomic E-state index is 5.89. The molecule has 0 aliphatic rings. The lowest BCUT2D eigenvalue weighted by Crippen LogP contribution is -2.29. The van der Waals surface area contributed by atoms with Gasteiger partial charge in [0.05, 0.1) is 6.20 Å². The van der Waals surface area contributed by atoms with Crippen molar-refractivity contribution in [3.8, 4) is 0 Å². The zero-order chi connectivity index (χ0) is 13.0. The second-order valence-electron chi connectivity index (χ2n) is 4.54. The Morgan fingerprint density at radius 1 is 1.22 bits per heavy atom. The van der Waals surface area contributed by atoms with Crippen LogP contribution in [-0.4, -0.2) is 22.9 Å². The second kappa shape index (κ2) is 6.03. The number of nitrogens with zero attached hydrogens (tertiary/aromatic N) is 2. The quantitative estimate of drug-likeness (QED) is 0.898. The largest absolute Gasteiger partial charge is 0.316 e. The van der Waals surface area contributed by atoms with Crippen molar-refractivity contribution >= 4 is 11.6 Å². The summed E-state index contributed by atoms with van der Waals surface area (Å²) in [6.45, 7) is 0. The predicted molar refractivity (Wildman–Crippen MR) is 74.9 cm³/mol. The standard InChI is InChI=1S/C14H18ClN3/c1-16-14(8-12-9-17-18(2)10-12)7-11-3-5-13(15)6-4-11/h3-6,9-10,14,16H,7-8H2,1-2H3. The van der Waals surface area contributed by atoms with Crippen molar-refractivity contribution in [3.05, 3.63) is 52.8 Å². The number of rotatable bonds is 5. The first-order chi connectivity index (χ1) is 8.67. The Morgan fingerprint density at radius 3 is 2.44 bits per heavy atom. The van der Waals surface area contributed by atoms with Crippen LogP contribution in [-0.2, 0) is 19.9 Å². The number of halogens is 1. The fraction of sp³-hybridized carbons (Fsp3) is 0.357. The van der Waals surface area contributed by atoms with Crippen molar-refractivity contribution in [3.63, 3.8) is 0 Å². The van der Waals surface area contributed by atoms with Gasteiger partial charge in [-0.15, -0.1) is 0 Å². The molecule has 0 aliphatic heterocycles. The topological polar surface area (TPSA) is 29.9 Å². The van der Waals surface area contributed by atoms with Crippen LogP contribution >= 0.6 is 11.6 Å². The second-order valence-corrected chi connectivity index (χ2v) is 4.98. The molecule has 18 heavy (non-hydrogen) atoms. The molecule has 2 aromatic rings. The molecule has 1 unspecified atom stereocenters. The van der Waals surface area contributed by atoms with Crippen molar-refractivity contribution in [2.75, 3.05) is 7.05 Å². The molecule has 1 aromatic heterocycles. The SMILES string of the molecule is CNC(Cc1ccc(Cl)cc1)Cc1cnn(C)c1. The lowest BCUT2D eigenvalue weighted by Gasteiger charge is -2.15. The molecule has 0 saturated heterocycles. The lowest BCUT2D eigenvalue weighted by molar-refractivity contribution is 0.556. The van der Waals surface area contributed by atoms with E-state index in [-0.39, 0.29) is 0 Å². The first kappa shape index (κ1) is 13.1. The Kier molecular flexibility index (Phi) is 4.39. The van der Waals surface area contributed by atoms with Crippen LogP contribution < -0.4 is 5.32 Å². The first-order valence-electron chi connectivity index (χ1n) is 6.06. The summed E-state index contributed by atoms with van der Waals surface area (Å²) in [6, 6.07) is 8.45. The average molecular weight is 264 g/mol. The maximum atomic E-state index is 5.89. The molecule has 0 spiro atoms. The van der Waals surface area contributed by atoms with E-state index in [1.54, 1.807) is 0 Å². The van der Waals surface area contributed by atoms with Crippen LogP contribution in [0.2, 0.25) is 5.02 Å². The van der Waals surface area contributed by atoms with Crippen LogP contribution in [0.3, 0.4) is 0 Å². The van der Waals surface area contributed by atoms with Crippen LogP contribution in [0.1, 0.15) is 11.1 Å². The van der Waals surface area contributed by atoms with E-state index in [0.29, 0.717) is 6.04 Å². The number of aromatic nitrogens is 2. The first-order valence-corrected chi connectivity index (χ1v) is 6.44. The third kappa shape index (κ3) is 3.59. The molecular weight excluding hydrogens is 246 g/mol. The van der Waals surface area contributed by atoms with Crippen LogP contribution in [0.4, 0.5) is 0 Å². The Labute approximate surface area is 113 Å². The summed E-state index contributed by atoms with van der Waals surface area (Å²) in [7, 11) is 3.94. The molecule has 1 heterocycles.